The second-order valence-corrected chi connectivity index (χ2v) is 5.80. The molecule has 110 valence electrons. The molecule has 20 heavy (non-hydrogen) atoms. The van der Waals surface area contributed by atoms with E-state index in [9.17, 15) is 4.79 Å². The van der Waals surface area contributed by atoms with Crippen molar-refractivity contribution in [2.45, 2.75) is 26.3 Å². The van der Waals surface area contributed by atoms with Crippen molar-refractivity contribution in [2.24, 2.45) is 0 Å². The van der Waals surface area contributed by atoms with Crippen LogP contribution in [0.1, 0.15) is 29.8 Å². The van der Waals surface area contributed by atoms with Crippen molar-refractivity contribution >= 4 is 5.91 Å². The summed E-state index contributed by atoms with van der Waals surface area (Å²) in [5, 5.41) is 2.96. The Morgan fingerprint density at radius 3 is 3.05 bits per heavy atom. The molecule has 0 atom stereocenters. The van der Waals surface area contributed by atoms with E-state index in [0.717, 1.165) is 31.9 Å². The number of hydrogen-bond acceptors (Lipinski definition) is 4. The van der Waals surface area contributed by atoms with Gasteiger partial charge in [-0.1, -0.05) is 0 Å². The summed E-state index contributed by atoms with van der Waals surface area (Å²) in [5.74, 6) is -0.0540. The van der Waals surface area contributed by atoms with Gasteiger partial charge in [-0.15, -0.1) is 0 Å². The summed E-state index contributed by atoms with van der Waals surface area (Å²) >= 11 is 0. The van der Waals surface area contributed by atoms with E-state index >= 15 is 0 Å². The highest BCUT2D eigenvalue weighted by atomic mass is 16.5. The van der Waals surface area contributed by atoms with Crippen LogP contribution in [0.15, 0.2) is 18.5 Å². The van der Waals surface area contributed by atoms with Crippen LogP contribution >= 0.6 is 0 Å². The van der Waals surface area contributed by atoms with Crippen molar-refractivity contribution in [1.29, 1.82) is 0 Å². The van der Waals surface area contributed by atoms with Gasteiger partial charge in [-0.3, -0.25) is 14.7 Å². The van der Waals surface area contributed by atoms with Crippen molar-refractivity contribution in [1.82, 2.24) is 15.2 Å². The maximum atomic E-state index is 12.1. The number of nitrogens with one attached hydrogen (secondary N) is 1. The van der Waals surface area contributed by atoms with Gasteiger partial charge in [0.2, 0.25) is 0 Å². The Hall–Kier alpha value is -1.46. The summed E-state index contributed by atoms with van der Waals surface area (Å²) in [6.45, 7) is 10.1. The number of rotatable bonds is 4. The molecule has 0 saturated carbocycles. The van der Waals surface area contributed by atoms with Crippen LogP contribution in [0, 0.1) is 6.92 Å². The second kappa shape index (κ2) is 6.33. The number of aromatic nitrogens is 1. The third-order valence-corrected chi connectivity index (χ3v) is 3.77. The van der Waals surface area contributed by atoms with Crippen molar-refractivity contribution in [2.75, 3.05) is 32.8 Å². The van der Waals surface area contributed by atoms with Gasteiger partial charge in [0.25, 0.3) is 5.91 Å². The number of amides is 1. The summed E-state index contributed by atoms with van der Waals surface area (Å²) in [6.07, 6.45) is 3.31. The number of carbonyl (C=O) groups excluding carboxylic acids is 1. The van der Waals surface area contributed by atoms with E-state index in [4.69, 9.17) is 4.74 Å². The van der Waals surface area contributed by atoms with Crippen LogP contribution in [0.2, 0.25) is 0 Å². The molecule has 1 N–H and O–H groups in total. The molecule has 1 aliphatic rings. The number of nitrogens with zero attached hydrogens (tertiary/aromatic N) is 2. The first-order chi connectivity index (χ1) is 9.50. The lowest BCUT2D eigenvalue weighted by molar-refractivity contribution is -0.0498. The monoisotopic (exact) mass is 277 g/mol. The molecule has 0 aliphatic carbocycles. The highest BCUT2D eigenvalue weighted by molar-refractivity contribution is 5.95. The number of pyridine rings is 1. The van der Waals surface area contributed by atoms with Crippen molar-refractivity contribution < 1.29 is 9.53 Å². The Morgan fingerprint density at radius 1 is 1.55 bits per heavy atom. The molecule has 1 fully saturated rings. The zero-order chi connectivity index (χ0) is 14.6. The zero-order valence-corrected chi connectivity index (χ0v) is 12.5. The lowest BCUT2D eigenvalue weighted by Gasteiger charge is -2.42. The molecule has 2 rings (SSSR count). The fourth-order valence-corrected chi connectivity index (χ4v) is 2.41. The number of carbonyl (C=O) groups is 1. The van der Waals surface area contributed by atoms with Crippen LogP contribution in [0.4, 0.5) is 0 Å². The highest BCUT2D eigenvalue weighted by Gasteiger charge is 2.29. The molecule has 1 saturated heterocycles. The van der Waals surface area contributed by atoms with E-state index in [-0.39, 0.29) is 11.4 Å². The Labute approximate surface area is 120 Å². The van der Waals surface area contributed by atoms with Gasteiger partial charge >= 0.3 is 0 Å². The fraction of sp³-hybridized carbons (Fsp3) is 0.600. The van der Waals surface area contributed by atoms with E-state index in [1.165, 1.54) is 0 Å². The minimum absolute atomic E-state index is 0.0349. The van der Waals surface area contributed by atoms with Gasteiger partial charge in [-0.25, -0.2) is 0 Å². The SMILES string of the molecule is Cc1ccncc1C(=O)NCCN1CCOCC1(C)C. The predicted octanol–water partition coefficient (Wildman–Crippen LogP) is 1.23. The quantitative estimate of drug-likeness (QED) is 0.899. The molecular weight excluding hydrogens is 254 g/mol. The van der Waals surface area contributed by atoms with Gasteiger partial charge in [-0.2, -0.15) is 0 Å². The van der Waals surface area contributed by atoms with Gasteiger partial charge in [-0.05, 0) is 32.4 Å². The Bertz CT molecular complexity index is 474. The first-order valence-electron chi connectivity index (χ1n) is 7.02. The summed E-state index contributed by atoms with van der Waals surface area (Å²) in [5.41, 5.74) is 1.63. The van der Waals surface area contributed by atoms with Gasteiger partial charge in [0, 0.05) is 37.6 Å². The molecule has 1 aromatic heterocycles. The number of hydrogen-bond donors (Lipinski definition) is 1. The largest absolute Gasteiger partial charge is 0.378 e. The molecule has 1 aromatic rings. The lowest BCUT2D eigenvalue weighted by Crippen LogP contribution is -2.54. The predicted molar refractivity (Wildman–Crippen MR) is 77.8 cm³/mol. The summed E-state index contributed by atoms with van der Waals surface area (Å²) in [4.78, 5) is 18.4. The molecule has 0 bridgehead atoms. The first-order valence-corrected chi connectivity index (χ1v) is 7.02. The third-order valence-electron chi connectivity index (χ3n) is 3.77. The van der Waals surface area contributed by atoms with Gasteiger partial charge < -0.3 is 10.1 Å². The van der Waals surface area contributed by atoms with E-state index in [0.29, 0.717) is 12.1 Å². The van der Waals surface area contributed by atoms with Crippen LogP contribution in [-0.2, 0) is 4.74 Å². The fourth-order valence-electron chi connectivity index (χ4n) is 2.41. The highest BCUT2D eigenvalue weighted by Crippen LogP contribution is 2.17. The summed E-state index contributed by atoms with van der Waals surface area (Å²) in [7, 11) is 0. The maximum absolute atomic E-state index is 12.1. The van der Waals surface area contributed by atoms with E-state index in [1.807, 2.05) is 13.0 Å². The van der Waals surface area contributed by atoms with Gasteiger partial charge in [0.05, 0.1) is 18.8 Å². The Kier molecular flexibility index (Phi) is 4.73. The molecule has 5 heteroatoms. The van der Waals surface area contributed by atoms with Crippen molar-refractivity contribution in [3.8, 4) is 0 Å². The number of aryl methyl sites for hydroxylation is 1. The maximum Gasteiger partial charge on any atom is 0.253 e. The third kappa shape index (κ3) is 3.55. The van der Waals surface area contributed by atoms with E-state index in [2.05, 4.69) is 29.0 Å². The summed E-state index contributed by atoms with van der Waals surface area (Å²) in [6, 6.07) is 1.85. The van der Waals surface area contributed by atoms with Crippen LogP contribution < -0.4 is 5.32 Å². The standard InChI is InChI=1S/C15H23N3O2/c1-12-4-5-16-10-13(12)14(19)17-6-7-18-8-9-20-11-15(18,2)3/h4-5,10H,6-9,11H2,1-3H3,(H,17,19). The Balaban J connectivity index is 1.84. The zero-order valence-electron chi connectivity index (χ0n) is 12.5. The first kappa shape index (κ1) is 14.9. The second-order valence-electron chi connectivity index (χ2n) is 5.80. The normalized spacial score (nSPS) is 18.8. The van der Waals surface area contributed by atoms with Crippen molar-refractivity contribution in [3.63, 3.8) is 0 Å². The molecule has 1 aliphatic heterocycles. The molecule has 0 spiro atoms. The molecule has 0 aromatic carbocycles. The van der Waals surface area contributed by atoms with Crippen LogP contribution in [0.3, 0.4) is 0 Å². The lowest BCUT2D eigenvalue weighted by atomic mass is 10.0. The molecule has 0 radical (unpaired) electrons. The van der Waals surface area contributed by atoms with E-state index < -0.39 is 0 Å². The summed E-state index contributed by atoms with van der Waals surface area (Å²) < 4.78 is 5.49. The van der Waals surface area contributed by atoms with Crippen molar-refractivity contribution in [3.05, 3.63) is 29.6 Å². The average Bonchev–Trinajstić information content (AvgIpc) is 2.41. The van der Waals surface area contributed by atoms with Crippen LogP contribution in [-0.4, -0.2) is 54.2 Å². The molecule has 5 nitrogen and oxygen atoms in total. The van der Waals surface area contributed by atoms with Gasteiger partial charge in [0.15, 0.2) is 0 Å². The van der Waals surface area contributed by atoms with E-state index in [1.54, 1.807) is 12.4 Å². The minimum Gasteiger partial charge on any atom is -0.378 e. The van der Waals surface area contributed by atoms with Gasteiger partial charge in [0.1, 0.15) is 0 Å². The average molecular weight is 277 g/mol. The molecular formula is C15H23N3O2. The smallest absolute Gasteiger partial charge is 0.253 e. The van der Waals surface area contributed by atoms with Crippen LogP contribution in [0.25, 0.3) is 0 Å². The topological polar surface area (TPSA) is 54.5 Å². The number of ether oxygens (including phenoxy) is 1. The molecule has 0 unspecified atom stereocenters. The molecule has 1 amide bonds. The minimum atomic E-state index is -0.0540. The molecule has 2 heterocycles. The van der Waals surface area contributed by atoms with Crippen LogP contribution in [0.5, 0.6) is 0 Å². The Morgan fingerprint density at radius 2 is 2.35 bits per heavy atom. The number of morpholine rings is 1.